The standard InChI is InChI=1S/C19H21ClN2O5/c1-19(2,3)9-16(23)22-11-4-6-14(20)13(8-11)17(24)21-10-12-5-7-15(27-12)18(25)26/h4-8H,9-10H2,1-3H3,(H,21,24)(H,22,23)(H,25,26). The zero-order valence-corrected chi connectivity index (χ0v) is 16.0. The molecule has 8 heteroatoms. The number of rotatable bonds is 6. The molecule has 1 aromatic carbocycles. The van der Waals surface area contributed by atoms with E-state index in [1.807, 2.05) is 20.8 Å². The van der Waals surface area contributed by atoms with E-state index in [-0.39, 0.29) is 34.2 Å². The number of amides is 2. The molecule has 0 aliphatic carbocycles. The lowest BCUT2D eigenvalue weighted by atomic mass is 9.92. The van der Waals surface area contributed by atoms with E-state index in [0.717, 1.165) is 0 Å². The van der Waals surface area contributed by atoms with Crippen LogP contribution in [-0.2, 0) is 11.3 Å². The molecule has 0 radical (unpaired) electrons. The van der Waals surface area contributed by atoms with Crippen LogP contribution in [0.1, 0.15) is 53.9 Å². The second-order valence-corrected chi connectivity index (χ2v) is 7.64. The Labute approximate surface area is 161 Å². The molecule has 0 saturated carbocycles. The summed E-state index contributed by atoms with van der Waals surface area (Å²) in [6.07, 6.45) is 0.335. The first-order valence-corrected chi connectivity index (χ1v) is 8.62. The number of halogens is 1. The fourth-order valence-corrected chi connectivity index (χ4v) is 2.52. The number of carbonyl (C=O) groups excluding carboxylic acids is 2. The van der Waals surface area contributed by atoms with E-state index < -0.39 is 11.9 Å². The van der Waals surface area contributed by atoms with Gasteiger partial charge >= 0.3 is 5.97 Å². The van der Waals surface area contributed by atoms with Crippen LogP contribution >= 0.6 is 11.6 Å². The maximum Gasteiger partial charge on any atom is 0.371 e. The van der Waals surface area contributed by atoms with Crippen molar-refractivity contribution in [1.82, 2.24) is 5.32 Å². The Kier molecular flexibility index (Phi) is 6.28. The summed E-state index contributed by atoms with van der Waals surface area (Å²) in [5.41, 5.74) is 0.495. The smallest absolute Gasteiger partial charge is 0.371 e. The van der Waals surface area contributed by atoms with Gasteiger partial charge in [-0.05, 0) is 35.7 Å². The van der Waals surface area contributed by atoms with Crippen molar-refractivity contribution < 1.29 is 23.9 Å². The monoisotopic (exact) mass is 392 g/mol. The average molecular weight is 393 g/mol. The van der Waals surface area contributed by atoms with Crippen LogP contribution in [-0.4, -0.2) is 22.9 Å². The molecule has 2 amide bonds. The first-order valence-electron chi connectivity index (χ1n) is 8.25. The van der Waals surface area contributed by atoms with Crippen molar-refractivity contribution in [3.05, 3.63) is 52.4 Å². The van der Waals surface area contributed by atoms with E-state index in [9.17, 15) is 14.4 Å². The second kappa shape index (κ2) is 8.26. The summed E-state index contributed by atoms with van der Waals surface area (Å²) in [4.78, 5) is 35.2. The van der Waals surface area contributed by atoms with Crippen LogP contribution in [0, 0.1) is 5.41 Å². The van der Waals surface area contributed by atoms with Crippen molar-refractivity contribution in [3.8, 4) is 0 Å². The maximum absolute atomic E-state index is 12.4. The lowest BCUT2D eigenvalue weighted by Crippen LogP contribution is -2.23. The first-order chi connectivity index (χ1) is 12.5. The predicted molar refractivity (Wildman–Crippen MR) is 101 cm³/mol. The zero-order valence-electron chi connectivity index (χ0n) is 15.3. The minimum absolute atomic E-state index is 0.00303. The third-order valence-electron chi connectivity index (χ3n) is 3.48. The molecule has 0 atom stereocenters. The SMILES string of the molecule is CC(C)(C)CC(=O)Nc1ccc(Cl)c(C(=O)NCc2ccc(C(=O)O)o2)c1. The summed E-state index contributed by atoms with van der Waals surface area (Å²) in [7, 11) is 0. The van der Waals surface area contributed by atoms with Gasteiger partial charge < -0.3 is 20.2 Å². The van der Waals surface area contributed by atoms with Crippen molar-refractivity contribution in [1.29, 1.82) is 0 Å². The highest BCUT2D eigenvalue weighted by atomic mass is 35.5. The minimum Gasteiger partial charge on any atom is -0.475 e. The van der Waals surface area contributed by atoms with E-state index >= 15 is 0 Å². The number of nitrogens with one attached hydrogen (secondary N) is 2. The van der Waals surface area contributed by atoms with Crippen molar-refractivity contribution in [2.75, 3.05) is 5.32 Å². The molecule has 0 unspecified atom stereocenters. The second-order valence-electron chi connectivity index (χ2n) is 7.23. The Morgan fingerprint density at radius 1 is 1.15 bits per heavy atom. The van der Waals surface area contributed by atoms with Gasteiger partial charge in [-0.25, -0.2) is 4.79 Å². The zero-order chi connectivity index (χ0) is 20.2. The fraction of sp³-hybridized carbons (Fsp3) is 0.316. The summed E-state index contributed by atoms with van der Waals surface area (Å²) in [5, 5.41) is 14.4. The highest BCUT2D eigenvalue weighted by Gasteiger charge is 2.17. The molecular weight excluding hydrogens is 372 g/mol. The average Bonchev–Trinajstić information content (AvgIpc) is 3.02. The Morgan fingerprint density at radius 3 is 2.44 bits per heavy atom. The van der Waals surface area contributed by atoms with Crippen LogP contribution in [0.2, 0.25) is 5.02 Å². The van der Waals surface area contributed by atoms with Gasteiger partial charge in [0.2, 0.25) is 11.7 Å². The molecule has 2 aromatic rings. The van der Waals surface area contributed by atoms with Gasteiger partial charge in [-0.15, -0.1) is 0 Å². The number of carbonyl (C=O) groups is 3. The molecule has 1 aromatic heterocycles. The van der Waals surface area contributed by atoms with E-state index in [4.69, 9.17) is 21.1 Å². The normalized spacial score (nSPS) is 11.1. The van der Waals surface area contributed by atoms with Crippen molar-refractivity contribution in [3.63, 3.8) is 0 Å². The number of aromatic carboxylic acids is 1. The van der Waals surface area contributed by atoms with Gasteiger partial charge in [0.05, 0.1) is 17.1 Å². The predicted octanol–water partition coefficient (Wildman–Crippen LogP) is 3.94. The van der Waals surface area contributed by atoms with Gasteiger partial charge in [0.25, 0.3) is 5.91 Å². The molecule has 27 heavy (non-hydrogen) atoms. The maximum atomic E-state index is 12.4. The molecule has 3 N–H and O–H groups in total. The molecule has 0 fully saturated rings. The van der Waals surface area contributed by atoms with Crippen molar-refractivity contribution in [2.45, 2.75) is 33.7 Å². The number of furan rings is 1. The summed E-state index contributed by atoms with van der Waals surface area (Å²) in [6, 6.07) is 7.41. The van der Waals surface area contributed by atoms with Crippen LogP contribution < -0.4 is 10.6 Å². The van der Waals surface area contributed by atoms with E-state index in [2.05, 4.69) is 10.6 Å². The number of anilines is 1. The number of carboxylic acid groups (broad SMARTS) is 1. The Morgan fingerprint density at radius 2 is 1.85 bits per heavy atom. The van der Waals surface area contributed by atoms with E-state index in [1.165, 1.54) is 24.3 Å². The third-order valence-corrected chi connectivity index (χ3v) is 3.81. The van der Waals surface area contributed by atoms with Gasteiger partial charge in [0, 0.05) is 12.1 Å². The Balaban J connectivity index is 2.04. The molecule has 0 aliphatic rings. The van der Waals surface area contributed by atoms with Crippen LogP contribution in [0.4, 0.5) is 5.69 Å². The fourth-order valence-electron chi connectivity index (χ4n) is 2.31. The van der Waals surface area contributed by atoms with Crippen LogP contribution in [0.5, 0.6) is 0 Å². The van der Waals surface area contributed by atoms with Crippen molar-refractivity contribution >= 4 is 35.1 Å². The lowest BCUT2D eigenvalue weighted by molar-refractivity contribution is -0.117. The quantitative estimate of drug-likeness (QED) is 0.690. The van der Waals surface area contributed by atoms with Gasteiger partial charge in [0.15, 0.2) is 0 Å². The molecule has 144 valence electrons. The molecule has 0 aliphatic heterocycles. The number of hydrogen-bond donors (Lipinski definition) is 3. The van der Waals surface area contributed by atoms with Gasteiger partial charge in [-0.2, -0.15) is 0 Å². The van der Waals surface area contributed by atoms with E-state index in [1.54, 1.807) is 6.07 Å². The first kappa shape index (κ1) is 20.5. The topological polar surface area (TPSA) is 109 Å². The van der Waals surface area contributed by atoms with Gasteiger partial charge in [-0.1, -0.05) is 32.4 Å². The van der Waals surface area contributed by atoms with Crippen LogP contribution in [0.25, 0.3) is 0 Å². The highest BCUT2D eigenvalue weighted by Crippen LogP contribution is 2.23. The molecule has 0 bridgehead atoms. The lowest BCUT2D eigenvalue weighted by Gasteiger charge is -2.17. The molecule has 0 spiro atoms. The summed E-state index contributed by atoms with van der Waals surface area (Å²) in [6.45, 7) is 5.87. The molecule has 7 nitrogen and oxygen atoms in total. The van der Waals surface area contributed by atoms with Gasteiger partial charge in [0.1, 0.15) is 5.76 Å². The van der Waals surface area contributed by atoms with Crippen molar-refractivity contribution in [2.24, 2.45) is 5.41 Å². The van der Waals surface area contributed by atoms with Crippen LogP contribution in [0.15, 0.2) is 34.7 Å². The van der Waals surface area contributed by atoms with Gasteiger partial charge in [-0.3, -0.25) is 9.59 Å². The minimum atomic E-state index is -1.19. The summed E-state index contributed by atoms with van der Waals surface area (Å²) in [5.74, 6) is -1.73. The molecular formula is C19H21ClN2O5. The molecule has 0 saturated heterocycles. The Bertz CT molecular complexity index is 867. The Hall–Kier alpha value is -2.80. The molecule has 1 heterocycles. The summed E-state index contributed by atoms with van der Waals surface area (Å²) >= 11 is 6.09. The third kappa shape index (κ3) is 6.14. The van der Waals surface area contributed by atoms with Crippen LogP contribution in [0.3, 0.4) is 0 Å². The number of carboxylic acids is 1. The number of benzene rings is 1. The number of hydrogen-bond acceptors (Lipinski definition) is 4. The highest BCUT2D eigenvalue weighted by molar-refractivity contribution is 6.34. The van der Waals surface area contributed by atoms with E-state index in [0.29, 0.717) is 17.9 Å². The largest absolute Gasteiger partial charge is 0.475 e. The molecule has 2 rings (SSSR count). The summed E-state index contributed by atoms with van der Waals surface area (Å²) < 4.78 is 5.08.